The van der Waals surface area contributed by atoms with Gasteiger partial charge in [0.2, 0.25) is 0 Å². The van der Waals surface area contributed by atoms with Gasteiger partial charge in [0.05, 0.1) is 0 Å². The number of nitrogens with zero attached hydrogens (tertiary/aromatic N) is 3. The molecular weight excluding hydrogens is 286 g/mol. The van der Waals surface area contributed by atoms with Crippen molar-refractivity contribution in [2.75, 3.05) is 0 Å². The Labute approximate surface area is 136 Å². The largest absolute Gasteiger partial charge is 0.506 e. The number of fused-ring (bicyclic) bond motifs is 1. The van der Waals surface area contributed by atoms with Gasteiger partial charge in [0.15, 0.2) is 0 Å². The van der Waals surface area contributed by atoms with Crippen LogP contribution in [-0.2, 0) is 12.8 Å². The predicted octanol–water partition coefficient (Wildman–Crippen LogP) is 4.42. The molecule has 0 amide bonds. The number of aromatic nitrogens is 3. The van der Waals surface area contributed by atoms with Crippen LogP contribution in [-0.4, -0.2) is 20.1 Å². The molecule has 120 valence electrons. The Balaban J connectivity index is 1.95. The molecule has 1 heterocycles. The van der Waals surface area contributed by atoms with E-state index in [1.165, 1.54) is 24.0 Å². The number of hydrogen-bond donors (Lipinski definition) is 1. The minimum atomic E-state index is 0.209. The zero-order valence-corrected chi connectivity index (χ0v) is 13.8. The van der Waals surface area contributed by atoms with Gasteiger partial charge in [-0.15, -0.1) is 15.0 Å². The third-order valence-electron chi connectivity index (χ3n) is 4.18. The second-order valence-corrected chi connectivity index (χ2v) is 5.95. The Bertz CT molecular complexity index is 807. The Morgan fingerprint density at radius 3 is 2.48 bits per heavy atom. The molecule has 0 spiro atoms. The molecule has 0 fully saturated rings. The molecule has 1 aromatic heterocycles. The number of phenols is 1. The van der Waals surface area contributed by atoms with Crippen LogP contribution in [0.3, 0.4) is 0 Å². The number of aromatic hydroxyl groups is 1. The fourth-order valence-corrected chi connectivity index (χ4v) is 2.75. The van der Waals surface area contributed by atoms with Crippen molar-refractivity contribution >= 4 is 11.0 Å². The standard InChI is InChI=1S/C19H23N3O/c1-3-5-6-7-15-9-11-19(23)18(13-15)22-20-16-10-8-14(4-2)12-17(16)21-22/h8-13,23H,3-7H2,1-2H3. The van der Waals surface area contributed by atoms with E-state index in [1.807, 2.05) is 18.2 Å². The summed E-state index contributed by atoms with van der Waals surface area (Å²) in [6.07, 6.45) is 5.58. The third-order valence-corrected chi connectivity index (χ3v) is 4.18. The van der Waals surface area contributed by atoms with Crippen molar-refractivity contribution in [3.05, 3.63) is 47.5 Å². The van der Waals surface area contributed by atoms with Crippen LogP contribution in [0, 0.1) is 0 Å². The average molecular weight is 309 g/mol. The lowest BCUT2D eigenvalue weighted by atomic mass is 10.1. The molecule has 3 aromatic rings. The highest BCUT2D eigenvalue weighted by molar-refractivity contribution is 5.74. The zero-order valence-electron chi connectivity index (χ0n) is 13.8. The normalized spacial score (nSPS) is 11.2. The number of phenolic OH excluding ortho intramolecular Hbond substituents is 1. The first kappa shape index (κ1) is 15.5. The summed E-state index contributed by atoms with van der Waals surface area (Å²) in [5.41, 5.74) is 4.80. The summed E-state index contributed by atoms with van der Waals surface area (Å²) in [4.78, 5) is 1.54. The van der Waals surface area contributed by atoms with Crippen LogP contribution in [0.15, 0.2) is 36.4 Å². The highest BCUT2D eigenvalue weighted by Crippen LogP contribution is 2.24. The summed E-state index contributed by atoms with van der Waals surface area (Å²) < 4.78 is 0. The zero-order chi connectivity index (χ0) is 16.2. The lowest BCUT2D eigenvalue weighted by Gasteiger charge is -2.06. The van der Waals surface area contributed by atoms with Crippen molar-refractivity contribution in [3.8, 4) is 11.4 Å². The number of aryl methyl sites for hydroxylation is 2. The number of rotatable bonds is 6. The van der Waals surface area contributed by atoms with Gasteiger partial charge in [-0.2, -0.15) is 0 Å². The predicted molar refractivity (Wildman–Crippen MR) is 93.1 cm³/mol. The molecule has 0 aliphatic carbocycles. The van der Waals surface area contributed by atoms with Crippen LogP contribution in [0.1, 0.15) is 44.2 Å². The number of benzene rings is 2. The highest BCUT2D eigenvalue weighted by Gasteiger charge is 2.10. The molecule has 2 aromatic carbocycles. The van der Waals surface area contributed by atoms with Gasteiger partial charge < -0.3 is 5.11 Å². The minimum absolute atomic E-state index is 0.209. The summed E-state index contributed by atoms with van der Waals surface area (Å²) in [7, 11) is 0. The molecule has 1 N–H and O–H groups in total. The molecule has 0 aliphatic rings. The first-order valence-electron chi connectivity index (χ1n) is 8.39. The lowest BCUT2D eigenvalue weighted by Crippen LogP contribution is -2.00. The topological polar surface area (TPSA) is 50.9 Å². The van der Waals surface area contributed by atoms with Crippen LogP contribution in [0.4, 0.5) is 0 Å². The molecule has 0 radical (unpaired) electrons. The summed E-state index contributed by atoms with van der Waals surface area (Å²) in [6.45, 7) is 4.32. The van der Waals surface area contributed by atoms with Gasteiger partial charge in [-0.3, -0.25) is 0 Å². The summed E-state index contributed by atoms with van der Waals surface area (Å²) in [5, 5.41) is 19.2. The molecule has 0 aliphatic heterocycles. The maximum absolute atomic E-state index is 10.2. The molecule has 0 atom stereocenters. The summed E-state index contributed by atoms with van der Waals surface area (Å²) in [5.74, 6) is 0.209. The molecule has 0 bridgehead atoms. The van der Waals surface area contributed by atoms with Gasteiger partial charge in [0.25, 0.3) is 0 Å². The molecule has 4 nitrogen and oxygen atoms in total. The van der Waals surface area contributed by atoms with Crippen LogP contribution in [0.5, 0.6) is 5.75 Å². The van der Waals surface area contributed by atoms with Crippen molar-refractivity contribution in [3.63, 3.8) is 0 Å². The summed E-state index contributed by atoms with van der Waals surface area (Å²) in [6, 6.07) is 11.8. The van der Waals surface area contributed by atoms with Crippen molar-refractivity contribution in [2.45, 2.75) is 46.0 Å². The fraction of sp³-hybridized carbons (Fsp3) is 0.368. The first-order chi connectivity index (χ1) is 11.2. The molecular formula is C19H23N3O. The van der Waals surface area contributed by atoms with E-state index in [-0.39, 0.29) is 5.75 Å². The first-order valence-corrected chi connectivity index (χ1v) is 8.39. The van der Waals surface area contributed by atoms with Crippen LogP contribution in [0.25, 0.3) is 16.7 Å². The maximum Gasteiger partial charge on any atom is 0.143 e. The van der Waals surface area contributed by atoms with E-state index in [2.05, 4.69) is 36.2 Å². The van der Waals surface area contributed by atoms with Gasteiger partial charge >= 0.3 is 0 Å². The molecule has 0 saturated carbocycles. The monoisotopic (exact) mass is 309 g/mol. The van der Waals surface area contributed by atoms with Crippen LogP contribution >= 0.6 is 0 Å². The Morgan fingerprint density at radius 1 is 0.913 bits per heavy atom. The molecule has 4 heteroatoms. The Morgan fingerprint density at radius 2 is 1.70 bits per heavy atom. The van der Waals surface area contributed by atoms with Gasteiger partial charge in [0, 0.05) is 0 Å². The van der Waals surface area contributed by atoms with Gasteiger partial charge in [-0.05, 0) is 54.7 Å². The van der Waals surface area contributed by atoms with Crippen molar-refractivity contribution < 1.29 is 5.11 Å². The van der Waals surface area contributed by atoms with Gasteiger partial charge in [-0.25, -0.2) is 0 Å². The number of unbranched alkanes of at least 4 members (excludes halogenated alkanes) is 2. The fourth-order valence-electron chi connectivity index (χ4n) is 2.75. The Kier molecular flexibility index (Phi) is 4.60. The van der Waals surface area contributed by atoms with Crippen LogP contribution in [0.2, 0.25) is 0 Å². The van der Waals surface area contributed by atoms with E-state index in [0.717, 1.165) is 30.3 Å². The van der Waals surface area contributed by atoms with E-state index in [1.54, 1.807) is 10.9 Å². The van der Waals surface area contributed by atoms with Gasteiger partial charge in [0.1, 0.15) is 22.5 Å². The van der Waals surface area contributed by atoms with Crippen molar-refractivity contribution in [1.82, 2.24) is 15.0 Å². The lowest BCUT2D eigenvalue weighted by molar-refractivity contribution is 0.467. The minimum Gasteiger partial charge on any atom is -0.506 e. The third kappa shape index (κ3) is 3.36. The van der Waals surface area contributed by atoms with Crippen molar-refractivity contribution in [2.24, 2.45) is 0 Å². The molecule has 0 unspecified atom stereocenters. The van der Waals surface area contributed by atoms with Gasteiger partial charge in [-0.1, -0.05) is 38.8 Å². The van der Waals surface area contributed by atoms with E-state index >= 15 is 0 Å². The maximum atomic E-state index is 10.2. The second-order valence-electron chi connectivity index (χ2n) is 5.95. The average Bonchev–Trinajstić information content (AvgIpc) is 2.99. The smallest absolute Gasteiger partial charge is 0.143 e. The summed E-state index contributed by atoms with van der Waals surface area (Å²) >= 11 is 0. The molecule has 0 saturated heterocycles. The van der Waals surface area contributed by atoms with Crippen LogP contribution < -0.4 is 0 Å². The SMILES string of the molecule is CCCCCc1ccc(O)c(-n2nc3ccc(CC)cc3n2)c1. The van der Waals surface area contributed by atoms with Crippen molar-refractivity contribution in [1.29, 1.82) is 0 Å². The Hall–Kier alpha value is -2.36. The van der Waals surface area contributed by atoms with E-state index in [0.29, 0.717) is 5.69 Å². The highest BCUT2D eigenvalue weighted by atomic mass is 16.3. The molecule has 3 rings (SSSR count). The van der Waals surface area contributed by atoms with E-state index in [4.69, 9.17) is 0 Å². The molecule has 23 heavy (non-hydrogen) atoms. The second kappa shape index (κ2) is 6.82. The van der Waals surface area contributed by atoms with E-state index in [9.17, 15) is 5.11 Å². The quantitative estimate of drug-likeness (QED) is 0.686. The van der Waals surface area contributed by atoms with E-state index < -0.39 is 0 Å². The number of hydrogen-bond acceptors (Lipinski definition) is 3.